The van der Waals surface area contributed by atoms with E-state index in [-0.39, 0.29) is 11.2 Å². The molecule has 0 spiro atoms. The van der Waals surface area contributed by atoms with Crippen LogP contribution in [0.4, 0.5) is 5.13 Å². The number of carbonyl (C=O) groups is 1. The Morgan fingerprint density at radius 1 is 1.13 bits per heavy atom. The number of fused-ring (bicyclic) bond motifs is 1. The maximum Gasteiger partial charge on any atom is 0.239 e. The van der Waals surface area contributed by atoms with Crippen molar-refractivity contribution < 1.29 is 4.79 Å². The van der Waals surface area contributed by atoms with Gasteiger partial charge in [-0.1, -0.05) is 35.1 Å². The maximum atomic E-state index is 12.4. The van der Waals surface area contributed by atoms with Crippen molar-refractivity contribution >= 4 is 44.4 Å². The first kappa shape index (κ1) is 16.0. The zero-order valence-corrected chi connectivity index (χ0v) is 14.9. The molecule has 23 heavy (non-hydrogen) atoms. The van der Waals surface area contributed by atoms with Crippen LogP contribution in [0.5, 0.6) is 0 Å². The lowest BCUT2D eigenvalue weighted by molar-refractivity contribution is -0.115. The highest BCUT2D eigenvalue weighted by Gasteiger charge is 2.16. The summed E-state index contributed by atoms with van der Waals surface area (Å²) in [5, 5.41) is 3.41. The second-order valence-corrected chi connectivity index (χ2v) is 8.00. The Hall–Kier alpha value is -1.85. The van der Waals surface area contributed by atoms with Crippen LogP contribution >= 0.6 is 23.1 Å². The first-order valence-electron chi connectivity index (χ1n) is 7.42. The molecule has 3 rings (SSSR count). The summed E-state index contributed by atoms with van der Waals surface area (Å²) in [7, 11) is 0. The maximum absolute atomic E-state index is 12.4. The van der Waals surface area contributed by atoms with Crippen LogP contribution in [0, 0.1) is 13.8 Å². The highest BCUT2D eigenvalue weighted by Crippen LogP contribution is 2.28. The van der Waals surface area contributed by atoms with Gasteiger partial charge in [0.05, 0.1) is 15.5 Å². The highest BCUT2D eigenvalue weighted by atomic mass is 32.2. The number of thiazole rings is 1. The molecule has 3 aromatic rings. The van der Waals surface area contributed by atoms with E-state index in [0.717, 1.165) is 15.1 Å². The van der Waals surface area contributed by atoms with Gasteiger partial charge in [0.1, 0.15) is 0 Å². The van der Waals surface area contributed by atoms with Crippen molar-refractivity contribution in [3.05, 3.63) is 53.6 Å². The number of hydrogen-bond donors (Lipinski definition) is 1. The van der Waals surface area contributed by atoms with Gasteiger partial charge in [-0.3, -0.25) is 4.79 Å². The predicted octanol–water partition coefficient (Wildman–Crippen LogP) is 5.03. The van der Waals surface area contributed by atoms with Crippen LogP contribution in [0.3, 0.4) is 0 Å². The van der Waals surface area contributed by atoms with Crippen LogP contribution in [-0.2, 0) is 4.79 Å². The minimum Gasteiger partial charge on any atom is -0.301 e. The molecule has 0 bridgehead atoms. The molecule has 0 aliphatic heterocycles. The smallest absolute Gasteiger partial charge is 0.239 e. The molecule has 0 aliphatic carbocycles. The minimum absolute atomic E-state index is 0.0219. The Bertz CT molecular complexity index is 840. The van der Waals surface area contributed by atoms with Gasteiger partial charge in [0.25, 0.3) is 0 Å². The Kier molecular flexibility index (Phi) is 4.68. The van der Waals surface area contributed by atoms with Crippen molar-refractivity contribution in [2.24, 2.45) is 0 Å². The summed E-state index contributed by atoms with van der Waals surface area (Å²) in [6.07, 6.45) is 0. The number of anilines is 1. The minimum atomic E-state index is -0.175. The predicted molar refractivity (Wildman–Crippen MR) is 99.5 cm³/mol. The summed E-state index contributed by atoms with van der Waals surface area (Å²) < 4.78 is 1.10. The van der Waals surface area contributed by atoms with E-state index in [1.807, 2.05) is 31.2 Å². The summed E-state index contributed by atoms with van der Waals surface area (Å²) >= 11 is 3.07. The average molecular weight is 342 g/mol. The Labute approximate surface area is 144 Å². The first-order chi connectivity index (χ1) is 11.0. The van der Waals surface area contributed by atoms with E-state index in [4.69, 9.17) is 0 Å². The van der Waals surface area contributed by atoms with Crippen molar-refractivity contribution in [3.8, 4) is 0 Å². The average Bonchev–Trinajstić information content (AvgIpc) is 2.90. The lowest BCUT2D eigenvalue weighted by atomic mass is 10.2. The number of amides is 1. The van der Waals surface area contributed by atoms with Crippen molar-refractivity contribution in [3.63, 3.8) is 0 Å². The molecule has 1 unspecified atom stereocenters. The molecular weight excluding hydrogens is 324 g/mol. The lowest BCUT2D eigenvalue weighted by Crippen LogP contribution is -2.22. The summed E-state index contributed by atoms with van der Waals surface area (Å²) in [6.45, 7) is 6.02. The standard InChI is InChI=1S/C18H18N2OS2/c1-11-4-7-14(8-5-11)22-13(3)17(21)20-18-19-15-9-6-12(2)10-16(15)23-18/h4-10,13H,1-3H3,(H,19,20,21). The van der Waals surface area contributed by atoms with Crippen LogP contribution in [0.1, 0.15) is 18.1 Å². The third-order valence-corrected chi connectivity index (χ3v) is 5.52. The van der Waals surface area contributed by atoms with E-state index in [0.29, 0.717) is 5.13 Å². The summed E-state index contributed by atoms with van der Waals surface area (Å²) in [5.41, 5.74) is 3.34. The SMILES string of the molecule is Cc1ccc(SC(C)C(=O)Nc2nc3ccc(C)cc3s2)cc1. The molecule has 0 aliphatic rings. The molecule has 0 saturated carbocycles. The number of hydrogen-bond acceptors (Lipinski definition) is 4. The van der Waals surface area contributed by atoms with Crippen LogP contribution in [-0.4, -0.2) is 16.1 Å². The number of carbonyl (C=O) groups excluding carboxylic acids is 1. The molecule has 1 amide bonds. The van der Waals surface area contributed by atoms with Gasteiger partial charge in [0, 0.05) is 4.90 Å². The van der Waals surface area contributed by atoms with Crippen molar-refractivity contribution in [2.75, 3.05) is 5.32 Å². The lowest BCUT2D eigenvalue weighted by Gasteiger charge is -2.10. The van der Waals surface area contributed by atoms with Gasteiger partial charge in [-0.15, -0.1) is 11.8 Å². The van der Waals surface area contributed by atoms with Gasteiger partial charge in [-0.05, 0) is 50.6 Å². The number of rotatable bonds is 4. The number of aromatic nitrogens is 1. The third kappa shape index (κ3) is 3.92. The fourth-order valence-corrected chi connectivity index (χ4v) is 4.00. The fourth-order valence-electron chi connectivity index (χ4n) is 2.17. The van der Waals surface area contributed by atoms with Crippen molar-refractivity contribution in [1.82, 2.24) is 4.98 Å². The zero-order chi connectivity index (χ0) is 16.4. The molecule has 1 atom stereocenters. The number of nitrogens with one attached hydrogen (secondary N) is 1. The molecule has 118 valence electrons. The van der Waals surface area contributed by atoms with E-state index in [2.05, 4.69) is 42.3 Å². The number of benzene rings is 2. The van der Waals surface area contributed by atoms with E-state index in [9.17, 15) is 4.79 Å². The monoisotopic (exact) mass is 342 g/mol. The zero-order valence-electron chi connectivity index (χ0n) is 13.3. The van der Waals surface area contributed by atoms with Gasteiger partial charge < -0.3 is 5.32 Å². The summed E-state index contributed by atoms with van der Waals surface area (Å²) in [4.78, 5) is 17.9. The summed E-state index contributed by atoms with van der Waals surface area (Å²) in [5.74, 6) is -0.0219. The van der Waals surface area contributed by atoms with Gasteiger partial charge >= 0.3 is 0 Å². The van der Waals surface area contributed by atoms with Crippen molar-refractivity contribution in [1.29, 1.82) is 0 Å². The fraction of sp³-hybridized carbons (Fsp3) is 0.222. The van der Waals surface area contributed by atoms with E-state index in [1.165, 1.54) is 22.5 Å². The molecule has 0 radical (unpaired) electrons. The molecule has 5 heteroatoms. The van der Waals surface area contributed by atoms with Crippen LogP contribution < -0.4 is 5.32 Å². The second-order valence-electron chi connectivity index (χ2n) is 5.55. The van der Waals surface area contributed by atoms with Crippen LogP contribution in [0.2, 0.25) is 0 Å². The molecule has 0 saturated heterocycles. The second kappa shape index (κ2) is 6.72. The third-order valence-electron chi connectivity index (χ3n) is 3.48. The van der Waals surface area contributed by atoms with Crippen LogP contribution in [0.25, 0.3) is 10.2 Å². The van der Waals surface area contributed by atoms with E-state index < -0.39 is 0 Å². The summed E-state index contributed by atoms with van der Waals surface area (Å²) in [6, 6.07) is 14.3. The molecule has 0 fully saturated rings. The van der Waals surface area contributed by atoms with Crippen molar-refractivity contribution in [2.45, 2.75) is 30.9 Å². The van der Waals surface area contributed by atoms with Gasteiger partial charge in [-0.25, -0.2) is 4.98 Å². The normalized spacial score (nSPS) is 12.3. The largest absolute Gasteiger partial charge is 0.301 e. The first-order valence-corrected chi connectivity index (χ1v) is 9.12. The van der Waals surface area contributed by atoms with Gasteiger partial charge in [0.15, 0.2) is 5.13 Å². The molecule has 1 heterocycles. The number of aryl methyl sites for hydroxylation is 2. The quantitative estimate of drug-likeness (QED) is 0.676. The number of nitrogens with zero attached hydrogens (tertiary/aromatic N) is 1. The molecule has 3 nitrogen and oxygen atoms in total. The Balaban J connectivity index is 1.68. The van der Waals surface area contributed by atoms with Gasteiger partial charge in [0.2, 0.25) is 5.91 Å². The van der Waals surface area contributed by atoms with E-state index >= 15 is 0 Å². The molecular formula is C18H18N2OS2. The van der Waals surface area contributed by atoms with E-state index in [1.54, 1.807) is 11.8 Å². The number of thioether (sulfide) groups is 1. The Morgan fingerprint density at radius 3 is 2.57 bits per heavy atom. The molecule has 2 aromatic carbocycles. The Morgan fingerprint density at radius 2 is 1.83 bits per heavy atom. The molecule has 1 N–H and O–H groups in total. The topological polar surface area (TPSA) is 42.0 Å². The molecule has 1 aromatic heterocycles. The van der Waals surface area contributed by atoms with Crippen LogP contribution in [0.15, 0.2) is 47.4 Å². The highest BCUT2D eigenvalue weighted by molar-refractivity contribution is 8.00. The van der Waals surface area contributed by atoms with Gasteiger partial charge in [-0.2, -0.15) is 0 Å².